The summed E-state index contributed by atoms with van der Waals surface area (Å²) in [4.78, 5) is 29.4. The molecule has 3 aromatic carbocycles. The molecule has 1 amide bonds. The van der Waals surface area contributed by atoms with Crippen LogP contribution in [0.4, 0.5) is 5.69 Å². The Morgan fingerprint density at radius 1 is 0.968 bits per heavy atom. The molecule has 156 valence electrons. The first-order valence-corrected chi connectivity index (χ1v) is 10.9. The maximum absolute atomic E-state index is 12.6. The molecule has 5 nitrogen and oxygen atoms in total. The van der Waals surface area contributed by atoms with Gasteiger partial charge < -0.3 is 10.1 Å². The lowest BCUT2D eigenvalue weighted by molar-refractivity contribution is -0.153. The van der Waals surface area contributed by atoms with Crippen LogP contribution in [0.2, 0.25) is 0 Å². The van der Waals surface area contributed by atoms with Gasteiger partial charge in [-0.2, -0.15) is 0 Å². The number of para-hydroxylation sites is 2. The van der Waals surface area contributed by atoms with Crippen LogP contribution < -0.4 is 5.32 Å². The van der Waals surface area contributed by atoms with Crippen molar-refractivity contribution in [1.82, 2.24) is 4.98 Å². The van der Waals surface area contributed by atoms with E-state index in [0.717, 1.165) is 26.4 Å². The zero-order chi connectivity index (χ0) is 21.6. The molecule has 31 heavy (non-hydrogen) atoms. The Morgan fingerprint density at radius 2 is 1.68 bits per heavy atom. The molecule has 1 N–H and O–H groups in total. The molecule has 0 aliphatic rings. The second-order valence-corrected chi connectivity index (χ2v) is 8.22. The van der Waals surface area contributed by atoms with Gasteiger partial charge in [0.15, 0.2) is 6.10 Å². The van der Waals surface area contributed by atoms with Gasteiger partial charge in [-0.05, 0) is 30.7 Å². The summed E-state index contributed by atoms with van der Waals surface area (Å²) in [5.41, 5.74) is 3.52. The van der Waals surface area contributed by atoms with Crippen molar-refractivity contribution in [1.29, 1.82) is 0 Å². The Morgan fingerprint density at radius 3 is 2.48 bits per heavy atom. The highest BCUT2D eigenvalue weighted by atomic mass is 32.1. The summed E-state index contributed by atoms with van der Waals surface area (Å²) in [6.07, 6.45) is -0.229. The Bertz CT molecular complexity index is 1170. The highest BCUT2D eigenvalue weighted by Gasteiger charge is 2.19. The van der Waals surface area contributed by atoms with Crippen LogP contribution in [0, 0.1) is 0 Å². The molecule has 1 atom stereocenters. The minimum atomic E-state index is -0.897. The van der Waals surface area contributed by atoms with Gasteiger partial charge in [0.2, 0.25) is 0 Å². The summed E-state index contributed by atoms with van der Waals surface area (Å²) in [7, 11) is 0. The molecule has 0 bridgehead atoms. The number of hydrogen-bond acceptors (Lipinski definition) is 5. The minimum absolute atomic E-state index is 0.179. The van der Waals surface area contributed by atoms with E-state index in [-0.39, 0.29) is 12.3 Å². The number of nitrogens with zero attached hydrogens (tertiary/aromatic N) is 1. The first-order chi connectivity index (χ1) is 15.1. The number of fused-ring (bicyclic) bond motifs is 1. The maximum Gasteiger partial charge on any atom is 0.306 e. The summed E-state index contributed by atoms with van der Waals surface area (Å²) in [5, 5.41) is 3.76. The van der Waals surface area contributed by atoms with Crippen molar-refractivity contribution in [3.8, 4) is 11.1 Å². The van der Waals surface area contributed by atoms with Crippen LogP contribution in [0.3, 0.4) is 0 Å². The van der Waals surface area contributed by atoms with Crippen molar-refractivity contribution in [2.45, 2.75) is 25.9 Å². The number of hydrogen-bond donors (Lipinski definition) is 1. The van der Waals surface area contributed by atoms with Crippen LogP contribution in [0.25, 0.3) is 21.3 Å². The SMILES string of the molecule is CC(OC(=O)CCc1nc2ccccc2s1)C(=O)Nc1ccccc1-c1ccccc1. The third-order valence-corrected chi connectivity index (χ3v) is 5.92. The van der Waals surface area contributed by atoms with Crippen molar-refractivity contribution in [2.24, 2.45) is 0 Å². The number of amides is 1. The average Bonchev–Trinajstić information content (AvgIpc) is 3.22. The smallest absolute Gasteiger partial charge is 0.306 e. The molecule has 1 aromatic heterocycles. The highest BCUT2D eigenvalue weighted by molar-refractivity contribution is 7.18. The van der Waals surface area contributed by atoms with Gasteiger partial charge in [-0.1, -0.05) is 60.7 Å². The molecule has 0 aliphatic heterocycles. The summed E-state index contributed by atoms with van der Waals surface area (Å²) in [6, 6.07) is 25.2. The lowest BCUT2D eigenvalue weighted by atomic mass is 10.0. The van der Waals surface area contributed by atoms with E-state index < -0.39 is 12.1 Å². The summed E-state index contributed by atoms with van der Waals surface area (Å²) in [5.74, 6) is -0.782. The molecule has 1 heterocycles. The predicted octanol–water partition coefficient (Wildman–Crippen LogP) is 5.47. The summed E-state index contributed by atoms with van der Waals surface area (Å²) >= 11 is 1.57. The van der Waals surface area contributed by atoms with Crippen LogP contribution >= 0.6 is 11.3 Å². The number of anilines is 1. The van der Waals surface area contributed by atoms with E-state index in [1.165, 1.54) is 0 Å². The van der Waals surface area contributed by atoms with Gasteiger partial charge in [-0.25, -0.2) is 4.98 Å². The molecule has 4 rings (SSSR count). The number of carbonyl (C=O) groups is 2. The van der Waals surface area contributed by atoms with Crippen LogP contribution in [0.5, 0.6) is 0 Å². The highest BCUT2D eigenvalue weighted by Crippen LogP contribution is 2.28. The maximum atomic E-state index is 12.6. The number of nitrogens with one attached hydrogen (secondary N) is 1. The Hall–Kier alpha value is -3.51. The summed E-state index contributed by atoms with van der Waals surface area (Å²) in [6.45, 7) is 1.58. The van der Waals surface area contributed by atoms with Crippen molar-refractivity contribution in [2.75, 3.05) is 5.32 Å². The van der Waals surface area contributed by atoms with E-state index >= 15 is 0 Å². The molecule has 0 saturated heterocycles. The van der Waals surface area contributed by atoms with Gasteiger partial charge in [0, 0.05) is 17.7 Å². The summed E-state index contributed by atoms with van der Waals surface area (Å²) < 4.78 is 6.44. The third kappa shape index (κ3) is 5.16. The number of carbonyl (C=O) groups excluding carboxylic acids is 2. The van der Waals surface area contributed by atoms with Crippen molar-refractivity contribution < 1.29 is 14.3 Å². The van der Waals surface area contributed by atoms with E-state index in [4.69, 9.17) is 4.74 Å². The van der Waals surface area contributed by atoms with Gasteiger partial charge in [0.25, 0.3) is 5.91 Å². The zero-order valence-corrected chi connectivity index (χ0v) is 17.9. The molecule has 4 aromatic rings. The standard InChI is InChI=1S/C25H22N2O3S/c1-17(30-24(28)16-15-23-26-21-13-7-8-14-22(21)31-23)25(29)27-20-12-6-5-11-19(20)18-9-3-2-4-10-18/h2-14,17H,15-16H2,1H3,(H,27,29). The lowest BCUT2D eigenvalue weighted by Gasteiger charge is -2.15. The van der Waals surface area contributed by atoms with E-state index in [0.29, 0.717) is 12.1 Å². The molecule has 0 saturated carbocycles. The van der Waals surface area contributed by atoms with Crippen LogP contribution in [0.1, 0.15) is 18.4 Å². The number of thiazole rings is 1. The number of aromatic nitrogens is 1. The fraction of sp³-hybridized carbons (Fsp3) is 0.160. The molecule has 0 radical (unpaired) electrons. The van der Waals surface area contributed by atoms with E-state index in [1.54, 1.807) is 18.3 Å². The largest absolute Gasteiger partial charge is 0.453 e. The average molecular weight is 431 g/mol. The Kier molecular flexibility index (Phi) is 6.38. The number of aryl methyl sites for hydroxylation is 1. The van der Waals surface area contributed by atoms with Gasteiger partial charge in [-0.3, -0.25) is 9.59 Å². The van der Waals surface area contributed by atoms with Crippen LogP contribution in [0.15, 0.2) is 78.9 Å². The van der Waals surface area contributed by atoms with E-state index in [9.17, 15) is 9.59 Å². The quantitative estimate of drug-likeness (QED) is 0.395. The van der Waals surface area contributed by atoms with Gasteiger partial charge in [-0.15, -0.1) is 11.3 Å². The van der Waals surface area contributed by atoms with Gasteiger partial charge in [0.1, 0.15) is 0 Å². The number of rotatable bonds is 7. The second kappa shape index (κ2) is 9.53. The van der Waals surface area contributed by atoms with Crippen molar-refractivity contribution >= 4 is 39.1 Å². The molecular formula is C25H22N2O3S. The first-order valence-electron chi connectivity index (χ1n) is 10.1. The molecular weight excluding hydrogens is 408 g/mol. The lowest BCUT2D eigenvalue weighted by Crippen LogP contribution is -2.30. The van der Waals surface area contributed by atoms with Crippen molar-refractivity contribution in [3.05, 3.63) is 83.9 Å². The fourth-order valence-corrected chi connectivity index (χ4v) is 4.21. The monoisotopic (exact) mass is 430 g/mol. The molecule has 0 fully saturated rings. The van der Waals surface area contributed by atoms with E-state index in [1.807, 2.05) is 78.9 Å². The molecule has 1 unspecified atom stereocenters. The Labute approximate surface area is 184 Å². The first kappa shape index (κ1) is 20.8. The van der Waals surface area contributed by atoms with Gasteiger partial charge >= 0.3 is 5.97 Å². The number of esters is 1. The predicted molar refractivity (Wildman–Crippen MR) is 124 cm³/mol. The van der Waals surface area contributed by atoms with E-state index in [2.05, 4.69) is 10.3 Å². The topological polar surface area (TPSA) is 68.3 Å². The normalized spacial score (nSPS) is 11.8. The molecule has 0 aliphatic carbocycles. The van der Waals surface area contributed by atoms with Crippen molar-refractivity contribution in [3.63, 3.8) is 0 Å². The molecule has 0 spiro atoms. The second-order valence-electron chi connectivity index (χ2n) is 7.11. The number of ether oxygens (including phenoxy) is 1. The molecule has 6 heteroatoms. The van der Waals surface area contributed by atoms with Crippen LogP contribution in [-0.2, 0) is 20.7 Å². The Balaban J connectivity index is 1.34. The van der Waals surface area contributed by atoms with Crippen LogP contribution in [-0.4, -0.2) is 23.0 Å². The number of benzene rings is 3. The zero-order valence-electron chi connectivity index (χ0n) is 17.1. The fourth-order valence-electron chi connectivity index (χ4n) is 3.24. The van der Waals surface area contributed by atoms with Gasteiger partial charge in [0.05, 0.1) is 21.6 Å². The minimum Gasteiger partial charge on any atom is -0.453 e. The third-order valence-electron chi connectivity index (χ3n) is 4.83.